The van der Waals surface area contributed by atoms with Gasteiger partial charge in [-0.15, -0.1) is 0 Å². The van der Waals surface area contributed by atoms with Crippen LogP contribution in [0.25, 0.3) is 0 Å². The average Bonchev–Trinajstić information content (AvgIpc) is 1.84. The van der Waals surface area contributed by atoms with Crippen molar-refractivity contribution in [3.05, 3.63) is 0 Å². The lowest BCUT2D eigenvalue weighted by Gasteiger charge is -2.32. The molecule has 0 heterocycles. The van der Waals surface area contributed by atoms with Crippen LogP contribution >= 0.6 is 0 Å². The summed E-state index contributed by atoms with van der Waals surface area (Å²) >= 11 is 0. The number of rotatable bonds is 1. The standard InChI is InChI=1S/C7H13NO2/c1-5-3-6(4-5)8-7(9)10-2/h5-6H,3-4H2,1-2H3,(H,8,9). The molecule has 1 aliphatic rings. The Hall–Kier alpha value is -0.730. The zero-order valence-corrected chi connectivity index (χ0v) is 6.39. The van der Waals surface area contributed by atoms with Gasteiger partial charge in [-0.3, -0.25) is 0 Å². The molecule has 0 bridgehead atoms. The van der Waals surface area contributed by atoms with Crippen molar-refractivity contribution in [3.63, 3.8) is 0 Å². The molecule has 0 spiro atoms. The first-order chi connectivity index (χ1) is 4.72. The van der Waals surface area contributed by atoms with Gasteiger partial charge in [0.25, 0.3) is 0 Å². The van der Waals surface area contributed by atoms with E-state index in [9.17, 15) is 4.79 Å². The Labute approximate surface area is 60.7 Å². The number of carbonyl (C=O) groups is 1. The van der Waals surface area contributed by atoms with Crippen LogP contribution in [-0.4, -0.2) is 19.2 Å². The highest BCUT2D eigenvalue weighted by atomic mass is 16.5. The minimum atomic E-state index is -0.308. The summed E-state index contributed by atoms with van der Waals surface area (Å²) in [6.07, 6.45) is 1.88. The number of carbonyl (C=O) groups excluding carboxylic acids is 1. The topological polar surface area (TPSA) is 38.3 Å². The minimum Gasteiger partial charge on any atom is -0.453 e. The third-order valence-corrected chi connectivity index (χ3v) is 1.88. The molecule has 10 heavy (non-hydrogen) atoms. The Bertz CT molecular complexity index is 130. The van der Waals surface area contributed by atoms with E-state index in [0.717, 1.165) is 18.8 Å². The molecule has 0 unspecified atom stereocenters. The number of hydrogen-bond acceptors (Lipinski definition) is 2. The molecule has 3 heteroatoms. The van der Waals surface area contributed by atoms with Crippen LogP contribution in [0.3, 0.4) is 0 Å². The van der Waals surface area contributed by atoms with Crippen LogP contribution in [0.4, 0.5) is 4.79 Å². The van der Waals surface area contributed by atoms with Gasteiger partial charge in [0.2, 0.25) is 0 Å². The molecule has 1 saturated carbocycles. The van der Waals surface area contributed by atoms with E-state index in [1.165, 1.54) is 7.11 Å². The maximum Gasteiger partial charge on any atom is 0.407 e. The van der Waals surface area contributed by atoms with Crippen molar-refractivity contribution in [1.82, 2.24) is 5.32 Å². The zero-order chi connectivity index (χ0) is 7.56. The lowest BCUT2D eigenvalue weighted by Crippen LogP contribution is -2.43. The number of nitrogens with one attached hydrogen (secondary N) is 1. The number of ether oxygens (including phenoxy) is 1. The van der Waals surface area contributed by atoms with E-state index in [-0.39, 0.29) is 6.09 Å². The molecule has 0 aliphatic heterocycles. The van der Waals surface area contributed by atoms with Crippen molar-refractivity contribution in [1.29, 1.82) is 0 Å². The fourth-order valence-corrected chi connectivity index (χ4v) is 1.25. The molecule has 1 amide bonds. The first kappa shape index (κ1) is 7.38. The molecule has 3 nitrogen and oxygen atoms in total. The summed E-state index contributed by atoms with van der Waals surface area (Å²) in [5.41, 5.74) is 0. The highest BCUT2D eigenvalue weighted by Gasteiger charge is 2.26. The van der Waals surface area contributed by atoms with E-state index in [2.05, 4.69) is 17.0 Å². The van der Waals surface area contributed by atoms with Gasteiger partial charge in [0.15, 0.2) is 0 Å². The SMILES string of the molecule is COC(=O)NC1CC(C)C1. The Morgan fingerprint density at radius 2 is 2.20 bits per heavy atom. The van der Waals surface area contributed by atoms with Crippen LogP contribution < -0.4 is 5.32 Å². The zero-order valence-electron chi connectivity index (χ0n) is 6.39. The largest absolute Gasteiger partial charge is 0.453 e. The number of amides is 1. The van der Waals surface area contributed by atoms with E-state index in [1.54, 1.807) is 0 Å². The van der Waals surface area contributed by atoms with E-state index >= 15 is 0 Å². The van der Waals surface area contributed by atoms with Crippen LogP contribution in [-0.2, 0) is 4.74 Å². The first-order valence-corrected chi connectivity index (χ1v) is 3.57. The normalized spacial score (nSPS) is 30.6. The van der Waals surface area contributed by atoms with Gasteiger partial charge in [-0.05, 0) is 18.8 Å². The monoisotopic (exact) mass is 143 g/mol. The third-order valence-electron chi connectivity index (χ3n) is 1.88. The van der Waals surface area contributed by atoms with Crippen molar-refractivity contribution < 1.29 is 9.53 Å². The third kappa shape index (κ3) is 1.62. The summed E-state index contributed by atoms with van der Waals surface area (Å²) in [6.45, 7) is 2.18. The van der Waals surface area contributed by atoms with Crippen LogP contribution in [0.1, 0.15) is 19.8 Å². The molecule has 0 aromatic carbocycles. The van der Waals surface area contributed by atoms with Gasteiger partial charge >= 0.3 is 6.09 Å². The summed E-state index contributed by atoms with van der Waals surface area (Å²) in [5.74, 6) is 0.766. The first-order valence-electron chi connectivity index (χ1n) is 3.57. The van der Waals surface area contributed by atoms with E-state index in [0.29, 0.717) is 6.04 Å². The fraction of sp³-hybridized carbons (Fsp3) is 0.857. The van der Waals surface area contributed by atoms with Gasteiger partial charge in [-0.1, -0.05) is 6.92 Å². The Balaban J connectivity index is 2.10. The summed E-state index contributed by atoms with van der Waals surface area (Å²) in [4.78, 5) is 10.6. The molecule has 1 N–H and O–H groups in total. The molecule has 0 radical (unpaired) electrons. The van der Waals surface area contributed by atoms with Crippen LogP contribution in [0.5, 0.6) is 0 Å². The smallest absolute Gasteiger partial charge is 0.407 e. The van der Waals surface area contributed by atoms with Gasteiger partial charge in [-0.2, -0.15) is 0 Å². The molecule has 1 aliphatic carbocycles. The highest BCUT2D eigenvalue weighted by Crippen LogP contribution is 2.25. The molecule has 0 aromatic heterocycles. The molecular weight excluding hydrogens is 130 g/mol. The molecule has 0 atom stereocenters. The van der Waals surface area contributed by atoms with Crippen molar-refractivity contribution in [3.8, 4) is 0 Å². The summed E-state index contributed by atoms with van der Waals surface area (Å²) < 4.78 is 4.44. The van der Waals surface area contributed by atoms with Crippen molar-refractivity contribution in [2.45, 2.75) is 25.8 Å². The van der Waals surface area contributed by atoms with Gasteiger partial charge in [-0.25, -0.2) is 4.79 Å². The second kappa shape index (κ2) is 2.90. The lowest BCUT2D eigenvalue weighted by molar-refractivity contribution is 0.150. The van der Waals surface area contributed by atoms with Crippen LogP contribution in [0.2, 0.25) is 0 Å². The van der Waals surface area contributed by atoms with E-state index < -0.39 is 0 Å². The Morgan fingerprint density at radius 1 is 1.60 bits per heavy atom. The summed E-state index contributed by atoms with van der Waals surface area (Å²) in [7, 11) is 1.39. The maximum absolute atomic E-state index is 10.6. The summed E-state index contributed by atoms with van der Waals surface area (Å²) in [6, 6.07) is 0.363. The van der Waals surface area contributed by atoms with Gasteiger partial charge in [0, 0.05) is 6.04 Å². The molecule has 1 fully saturated rings. The minimum absolute atomic E-state index is 0.308. The second-order valence-electron chi connectivity index (χ2n) is 2.91. The van der Waals surface area contributed by atoms with Gasteiger partial charge in [0.1, 0.15) is 0 Å². The molecular formula is C7H13NO2. The van der Waals surface area contributed by atoms with Gasteiger partial charge in [0.05, 0.1) is 7.11 Å². The van der Waals surface area contributed by atoms with Crippen molar-refractivity contribution in [2.24, 2.45) is 5.92 Å². The quantitative estimate of drug-likeness (QED) is 0.597. The summed E-state index contributed by atoms with van der Waals surface area (Å²) in [5, 5.41) is 2.74. The van der Waals surface area contributed by atoms with E-state index in [1.807, 2.05) is 0 Å². The molecule has 1 rings (SSSR count). The Kier molecular flexibility index (Phi) is 2.14. The fourth-order valence-electron chi connectivity index (χ4n) is 1.25. The second-order valence-corrected chi connectivity index (χ2v) is 2.91. The highest BCUT2D eigenvalue weighted by molar-refractivity contribution is 5.67. The van der Waals surface area contributed by atoms with E-state index in [4.69, 9.17) is 0 Å². The number of methoxy groups -OCH3 is 1. The predicted molar refractivity (Wildman–Crippen MR) is 37.7 cm³/mol. The van der Waals surface area contributed by atoms with Crippen LogP contribution in [0, 0.1) is 5.92 Å². The van der Waals surface area contributed by atoms with Crippen molar-refractivity contribution in [2.75, 3.05) is 7.11 Å². The average molecular weight is 143 g/mol. The molecule has 0 aromatic rings. The molecule has 0 saturated heterocycles. The van der Waals surface area contributed by atoms with Gasteiger partial charge < -0.3 is 10.1 Å². The number of alkyl carbamates (subject to hydrolysis) is 1. The maximum atomic E-state index is 10.6. The lowest BCUT2D eigenvalue weighted by atomic mass is 9.82. The van der Waals surface area contributed by atoms with Crippen LogP contribution in [0.15, 0.2) is 0 Å². The number of hydrogen-bond donors (Lipinski definition) is 1. The predicted octanol–water partition coefficient (Wildman–Crippen LogP) is 1.14. The Morgan fingerprint density at radius 3 is 2.60 bits per heavy atom. The van der Waals surface area contributed by atoms with Crippen molar-refractivity contribution >= 4 is 6.09 Å². The molecule has 58 valence electrons.